The van der Waals surface area contributed by atoms with Gasteiger partial charge in [-0.05, 0) is 38.2 Å². The van der Waals surface area contributed by atoms with Gasteiger partial charge in [0.15, 0.2) is 5.78 Å². The Morgan fingerprint density at radius 3 is 2.67 bits per heavy atom. The van der Waals surface area contributed by atoms with E-state index in [-0.39, 0.29) is 0 Å². The van der Waals surface area contributed by atoms with E-state index in [0.717, 1.165) is 31.3 Å². The molecule has 0 N–H and O–H groups in total. The molecule has 0 spiro atoms. The van der Waals surface area contributed by atoms with E-state index in [9.17, 15) is 4.79 Å². The molecule has 12 heavy (non-hydrogen) atoms. The highest BCUT2D eigenvalue weighted by atomic mass is 16.1. The van der Waals surface area contributed by atoms with Gasteiger partial charge in [0.05, 0.1) is 0 Å². The molecule has 0 aliphatic heterocycles. The Labute approximate surface area is 74.9 Å². The Kier molecular flexibility index (Phi) is 3.51. The zero-order valence-electron chi connectivity index (χ0n) is 8.15. The van der Waals surface area contributed by atoms with Crippen molar-refractivity contribution >= 4 is 5.78 Å². The third-order valence-corrected chi connectivity index (χ3v) is 2.59. The standard InChI is InChI=1S/C11H18O/c1-3-4-7-10-9(2)6-5-8-11(10)12/h3-8H2,1-2H3. The van der Waals surface area contributed by atoms with Crippen LogP contribution >= 0.6 is 0 Å². The summed E-state index contributed by atoms with van der Waals surface area (Å²) in [6.07, 6.45) is 6.37. The lowest BCUT2D eigenvalue weighted by atomic mass is 9.89. The fourth-order valence-electron chi connectivity index (χ4n) is 1.76. The van der Waals surface area contributed by atoms with Gasteiger partial charge in [-0.3, -0.25) is 4.79 Å². The largest absolute Gasteiger partial charge is 0.295 e. The van der Waals surface area contributed by atoms with Gasteiger partial charge < -0.3 is 0 Å². The molecule has 0 aromatic carbocycles. The van der Waals surface area contributed by atoms with Gasteiger partial charge in [0.25, 0.3) is 0 Å². The molecule has 0 fully saturated rings. The number of hydrogen-bond donors (Lipinski definition) is 0. The molecule has 1 aliphatic carbocycles. The summed E-state index contributed by atoms with van der Waals surface area (Å²) in [6, 6.07) is 0. The van der Waals surface area contributed by atoms with Crippen LogP contribution in [0.1, 0.15) is 52.4 Å². The van der Waals surface area contributed by atoms with Gasteiger partial charge in [0.2, 0.25) is 0 Å². The molecule has 0 atom stereocenters. The number of rotatable bonds is 3. The molecule has 0 aromatic heterocycles. The highest BCUT2D eigenvalue weighted by molar-refractivity contribution is 5.96. The molecule has 0 amide bonds. The lowest BCUT2D eigenvalue weighted by Gasteiger charge is -2.15. The Bertz CT molecular complexity index is 201. The lowest BCUT2D eigenvalue weighted by molar-refractivity contribution is -0.116. The molecule has 0 saturated heterocycles. The number of unbranched alkanes of at least 4 members (excludes halogenated alkanes) is 1. The van der Waals surface area contributed by atoms with Gasteiger partial charge in [-0.25, -0.2) is 0 Å². The van der Waals surface area contributed by atoms with E-state index in [1.807, 2.05) is 0 Å². The fraction of sp³-hybridized carbons (Fsp3) is 0.727. The quantitative estimate of drug-likeness (QED) is 0.629. The van der Waals surface area contributed by atoms with E-state index >= 15 is 0 Å². The maximum absolute atomic E-state index is 11.5. The maximum Gasteiger partial charge on any atom is 0.158 e. The first-order chi connectivity index (χ1) is 5.75. The highest BCUT2D eigenvalue weighted by Crippen LogP contribution is 2.24. The summed E-state index contributed by atoms with van der Waals surface area (Å²) < 4.78 is 0. The molecule has 68 valence electrons. The van der Waals surface area contributed by atoms with Crippen LogP contribution in [0.4, 0.5) is 0 Å². The van der Waals surface area contributed by atoms with Crippen LogP contribution in [0.5, 0.6) is 0 Å². The van der Waals surface area contributed by atoms with Crippen molar-refractivity contribution < 1.29 is 4.79 Å². The Morgan fingerprint density at radius 2 is 2.08 bits per heavy atom. The van der Waals surface area contributed by atoms with Crippen LogP contribution in [0.3, 0.4) is 0 Å². The average Bonchev–Trinajstić information content (AvgIpc) is 2.04. The van der Waals surface area contributed by atoms with Crippen molar-refractivity contribution in [2.75, 3.05) is 0 Å². The molecule has 0 saturated carbocycles. The SMILES string of the molecule is CCCCC1=C(C)CCCC1=O. The molecule has 1 rings (SSSR count). The lowest BCUT2D eigenvalue weighted by Crippen LogP contribution is -2.10. The molecule has 1 nitrogen and oxygen atoms in total. The first-order valence-corrected chi connectivity index (χ1v) is 4.97. The number of allylic oxidation sites excluding steroid dienone is 2. The minimum Gasteiger partial charge on any atom is -0.295 e. The normalized spacial score (nSPS) is 18.7. The monoisotopic (exact) mass is 166 g/mol. The van der Waals surface area contributed by atoms with Gasteiger partial charge in [-0.2, -0.15) is 0 Å². The number of carbonyl (C=O) groups excluding carboxylic acids is 1. The van der Waals surface area contributed by atoms with Gasteiger partial charge in [0, 0.05) is 6.42 Å². The minimum atomic E-state index is 0.409. The van der Waals surface area contributed by atoms with Crippen molar-refractivity contribution in [2.24, 2.45) is 0 Å². The fourth-order valence-corrected chi connectivity index (χ4v) is 1.76. The van der Waals surface area contributed by atoms with Crippen LogP contribution in [0, 0.1) is 0 Å². The molecule has 1 heteroatoms. The Hall–Kier alpha value is -0.590. The van der Waals surface area contributed by atoms with Gasteiger partial charge >= 0.3 is 0 Å². The molecule has 1 aliphatic rings. The second-order valence-corrected chi connectivity index (χ2v) is 3.64. The van der Waals surface area contributed by atoms with E-state index < -0.39 is 0 Å². The van der Waals surface area contributed by atoms with Gasteiger partial charge in [0.1, 0.15) is 0 Å². The van der Waals surface area contributed by atoms with Crippen molar-refractivity contribution in [1.82, 2.24) is 0 Å². The summed E-state index contributed by atoms with van der Waals surface area (Å²) in [5.74, 6) is 0.409. The molecule has 0 bridgehead atoms. The van der Waals surface area contributed by atoms with Crippen LogP contribution in [0.2, 0.25) is 0 Å². The van der Waals surface area contributed by atoms with Gasteiger partial charge in [-0.15, -0.1) is 0 Å². The summed E-state index contributed by atoms with van der Waals surface area (Å²) >= 11 is 0. The Morgan fingerprint density at radius 1 is 1.33 bits per heavy atom. The van der Waals surface area contributed by atoms with Crippen molar-refractivity contribution in [2.45, 2.75) is 52.4 Å². The first-order valence-electron chi connectivity index (χ1n) is 4.97. The summed E-state index contributed by atoms with van der Waals surface area (Å²) in [4.78, 5) is 11.5. The highest BCUT2D eigenvalue weighted by Gasteiger charge is 2.16. The number of Topliss-reactive ketones (excluding diaryl/α,β-unsaturated/α-hetero) is 1. The third-order valence-electron chi connectivity index (χ3n) is 2.59. The molecule has 0 unspecified atom stereocenters. The van der Waals surface area contributed by atoms with Crippen LogP contribution in [0.25, 0.3) is 0 Å². The van der Waals surface area contributed by atoms with Crippen molar-refractivity contribution in [3.8, 4) is 0 Å². The van der Waals surface area contributed by atoms with Crippen LogP contribution in [-0.4, -0.2) is 5.78 Å². The number of hydrogen-bond acceptors (Lipinski definition) is 1. The first kappa shape index (κ1) is 9.50. The average molecular weight is 166 g/mol. The number of carbonyl (C=O) groups is 1. The zero-order chi connectivity index (χ0) is 8.97. The van der Waals surface area contributed by atoms with E-state index in [1.54, 1.807) is 0 Å². The predicted octanol–water partition coefficient (Wildman–Crippen LogP) is 3.25. The topological polar surface area (TPSA) is 17.1 Å². The summed E-state index contributed by atoms with van der Waals surface area (Å²) in [7, 11) is 0. The summed E-state index contributed by atoms with van der Waals surface area (Å²) in [5.41, 5.74) is 2.49. The minimum absolute atomic E-state index is 0.409. The molecular formula is C11H18O. The van der Waals surface area contributed by atoms with E-state index in [0.29, 0.717) is 5.78 Å². The molecule has 0 heterocycles. The Balaban J connectivity index is 2.61. The predicted molar refractivity (Wildman–Crippen MR) is 51.1 cm³/mol. The zero-order valence-corrected chi connectivity index (χ0v) is 8.15. The second-order valence-electron chi connectivity index (χ2n) is 3.64. The second kappa shape index (κ2) is 4.44. The van der Waals surface area contributed by atoms with E-state index in [1.165, 1.54) is 18.4 Å². The maximum atomic E-state index is 11.5. The van der Waals surface area contributed by atoms with Crippen molar-refractivity contribution in [3.05, 3.63) is 11.1 Å². The summed E-state index contributed by atoms with van der Waals surface area (Å²) in [5, 5.41) is 0. The van der Waals surface area contributed by atoms with Crippen molar-refractivity contribution in [3.63, 3.8) is 0 Å². The molecular weight excluding hydrogens is 148 g/mol. The third kappa shape index (κ3) is 2.20. The van der Waals surface area contributed by atoms with Crippen LogP contribution in [-0.2, 0) is 4.79 Å². The summed E-state index contributed by atoms with van der Waals surface area (Å²) in [6.45, 7) is 4.28. The number of ketones is 1. The van der Waals surface area contributed by atoms with E-state index in [2.05, 4.69) is 13.8 Å². The smallest absolute Gasteiger partial charge is 0.158 e. The molecule has 0 radical (unpaired) electrons. The van der Waals surface area contributed by atoms with Gasteiger partial charge in [-0.1, -0.05) is 18.9 Å². The van der Waals surface area contributed by atoms with Crippen molar-refractivity contribution in [1.29, 1.82) is 0 Å². The van der Waals surface area contributed by atoms with Crippen LogP contribution in [0.15, 0.2) is 11.1 Å². The molecule has 0 aromatic rings. The van der Waals surface area contributed by atoms with Crippen LogP contribution < -0.4 is 0 Å². The van der Waals surface area contributed by atoms with E-state index in [4.69, 9.17) is 0 Å².